The number of carbonyl (C=O) groups excluding carboxylic acids is 1. The number of carboxylic acids is 1. The Morgan fingerprint density at radius 3 is 2.42 bits per heavy atom. The number of hydrogen-bond acceptors (Lipinski definition) is 4. The molecule has 1 rings (SSSR count). The summed E-state index contributed by atoms with van der Waals surface area (Å²) in [4.78, 5) is 22.3. The van der Waals surface area contributed by atoms with Gasteiger partial charge in [0.25, 0.3) is 5.91 Å². The molecule has 0 fully saturated rings. The average molecular weight is 288 g/mol. The lowest BCUT2D eigenvalue weighted by Crippen LogP contribution is -2.48. The lowest BCUT2D eigenvalue weighted by atomic mass is 10.2. The van der Waals surface area contributed by atoms with Crippen LogP contribution in [0.15, 0.2) is 24.3 Å². The summed E-state index contributed by atoms with van der Waals surface area (Å²) in [5.74, 6) is -1.51. The van der Waals surface area contributed by atoms with Crippen LogP contribution in [0, 0.1) is 0 Å². The maximum absolute atomic E-state index is 11.7. The van der Waals surface area contributed by atoms with Crippen molar-refractivity contribution in [1.82, 2.24) is 5.32 Å². The van der Waals surface area contributed by atoms with Gasteiger partial charge in [0.1, 0.15) is 11.8 Å². The van der Waals surface area contributed by atoms with Crippen molar-refractivity contribution in [3.05, 3.63) is 29.3 Å². The normalized spacial score (nSPS) is 13.4. The van der Waals surface area contributed by atoms with Crippen molar-refractivity contribution in [3.63, 3.8) is 0 Å². The van der Waals surface area contributed by atoms with Crippen molar-refractivity contribution in [2.24, 2.45) is 0 Å². The number of benzene rings is 1. The monoisotopic (exact) mass is 287 g/mol. The first-order chi connectivity index (χ1) is 8.93. The highest BCUT2D eigenvalue weighted by molar-refractivity contribution is 6.30. The molecule has 0 radical (unpaired) electrons. The highest BCUT2D eigenvalue weighted by Crippen LogP contribution is 2.16. The zero-order chi connectivity index (χ0) is 14.4. The minimum absolute atomic E-state index is 0.433. The molecule has 2 atom stereocenters. The minimum Gasteiger partial charge on any atom is -0.481 e. The number of halogens is 1. The van der Waals surface area contributed by atoms with Crippen LogP contribution in [0.4, 0.5) is 0 Å². The molecule has 1 amide bonds. The van der Waals surface area contributed by atoms with Gasteiger partial charge in [0.15, 0.2) is 6.10 Å². The largest absolute Gasteiger partial charge is 0.481 e. The fourth-order valence-corrected chi connectivity index (χ4v) is 1.37. The molecular weight excluding hydrogens is 274 g/mol. The SMILES string of the molecule is CC(Oc1ccc(Cl)cc1)C(=O)N[C@H](CO)C(=O)O. The van der Waals surface area contributed by atoms with Crippen LogP contribution in [0.5, 0.6) is 5.75 Å². The molecule has 0 spiro atoms. The molecule has 6 nitrogen and oxygen atoms in total. The van der Waals surface area contributed by atoms with E-state index in [1.54, 1.807) is 24.3 Å². The summed E-state index contributed by atoms with van der Waals surface area (Å²) in [5.41, 5.74) is 0. The Hall–Kier alpha value is -1.79. The zero-order valence-corrected chi connectivity index (χ0v) is 10.9. The van der Waals surface area contributed by atoms with Crippen molar-refractivity contribution in [2.75, 3.05) is 6.61 Å². The third kappa shape index (κ3) is 4.76. The molecular formula is C12H14ClNO5. The van der Waals surface area contributed by atoms with Gasteiger partial charge in [0.05, 0.1) is 6.61 Å². The van der Waals surface area contributed by atoms with Crippen molar-refractivity contribution in [3.8, 4) is 5.75 Å². The zero-order valence-electron chi connectivity index (χ0n) is 10.2. The van der Waals surface area contributed by atoms with Crippen molar-refractivity contribution < 1.29 is 24.5 Å². The topological polar surface area (TPSA) is 95.9 Å². The number of rotatable bonds is 6. The molecule has 0 bridgehead atoms. The van der Waals surface area contributed by atoms with Crippen LogP contribution in [-0.2, 0) is 9.59 Å². The minimum atomic E-state index is -1.34. The van der Waals surface area contributed by atoms with E-state index in [0.717, 1.165) is 0 Å². The second kappa shape index (κ2) is 6.96. The summed E-state index contributed by atoms with van der Waals surface area (Å²) < 4.78 is 5.31. The Kier molecular flexibility index (Phi) is 5.59. The lowest BCUT2D eigenvalue weighted by Gasteiger charge is -2.17. The summed E-state index contributed by atoms with van der Waals surface area (Å²) in [6.45, 7) is 0.787. The maximum atomic E-state index is 11.7. The Morgan fingerprint density at radius 2 is 1.95 bits per heavy atom. The summed E-state index contributed by atoms with van der Waals surface area (Å²) in [6, 6.07) is 5.05. The number of nitrogens with one attached hydrogen (secondary N) is 1. The Morgan fingerprint density at radius 1 is 1.37 bits per heavy atom. The van der Waals surface area contributed by atoms with Crippen LogP contribution in [0.3, 0.4) is 0 Å². The molecule has 0 saturated heterocycles. The standard InChI is InChI=1S/C12H14ClNO5/c1-7(11(16)14-10(6-15)12(17)18)19-9-4-2-8(13)3-5-9/h2-5,7,10,15H,6H2,1H3,(H,14,16)(H,17,18)/t7?,10-/m1/s1. The smallest absolute Gasteiger partial charge is 0.328 e. The van der Waals surface area contributed by atoms with Gasteiger partial charge in [-0.1, -0.05) is 11.6 Å². The Labute approximate surface area is 114 Å². The third-order valence-corrected chi connectivity index (χ3v) is 2.54. The van der Waals surface area contributed by atoms with Gasteiger partial charge in [-0.15, -0.1) is 0 Å². The predicted molar refractivity (Wildman–Crippen MR) is 68.2 cm³/mol. The number of ether oxygens (including phenoxy) is 1. The van der Waals surface area contributed by atoms with Crippen LogP contribution in [0.2, 0.25) is 5.02 Å². The number of aliphatic hydroxyl groups excluding tert-OH is 1. The van der Waals surface area contributed by atoms with Crippen molar-refractivity contribution in [2.45, 2.75) is 19.1 Å². The number of amides is 1. The summed E-state index contributed by atoms with van der Waals surface area (Å²) in [6.07, 6.45) is -0.894. The third-order valence-electron chi connectivity index (χ3n) is 2.29. The molecule has 0 aliphatic heterocycles. The molecule has 0 saturated carbocycles. The van der Waals surface area contributed by atoms with Gasteiger partial charge in [-0.3, -0.25) is 4.79 Å². The highest BCUT2D eigenvalue weighted by atomic mass is 35.5. The average Bonchev–Trinajstić information content (AvgIpc) is 2.37. The molecule has 1 aromatic rings. The molecule has 3 N–H and O–H groups in total. The van der Waals surface area contributed by atoms with E-state index in [1.165, 1.54) is 6.92 Å². The first-order valence-electron chi connectivity index (χ1n) is 5.50. The first-order valence-corrected chi connectivity index (χ1v) is 5.88. The number of aliphatic carboxylic acids is 1. The van der Waals surface area contributed by atoms with E-state index < -0.39 is 30.6 Å². The van der Waals surface area contributed by atoms with Crippen LogP contribution in [0.25, 0.3) is 0 Å². The maximum Gasteiger partial charge on any atom is 0.328 e. The summed E-state index contributed by atoms with van der Waals surface area (Å²) in [7, 11) is 0. The number of aliphatic hydroxyl groups is 1. The van der Waals surface area contributed by atoms with E-state index in [0.29, 0.717) is 10.8 Å². The molecule has 0 aromatic heterocycles. The first kappa shape index (κ1) is 15.3. The second-order valence-electron chi connectivity index (χ2n) is 3.80. The van der Waals surface area contributed by atoms with E-state index >= 15 is 0 Å². The van der Waals surface area contributed by atoms with Crippen LogP contribution in [-0.4, -0.2) is 40.8 Å². The highest BCUT2D eigenvalue weighted by Gasteiger charge is 2.23. The van der Waals surface area contributed by atoms with Gasteiger partial charge in [0.2, 0.25) is 0 Å². The van der Waals surface area contributed by atoms with Gasteiger partial charge in [-0.2, -0.15) is 0 Å². The van der Waals surface area contributed by atoms with E-state index in [9.17, 15) is 9.59 Å². The molecule has 0 aliphatic carbocycles. The van der Waals surface area contributed by atoms with Gasteiger partial charge in [-0.05, 0) is 31.2 Å². The van der Waals surface area contributed by atoms with E-state index in [-0.39, 0.29) is 0 Å². The summed E-state index contributed by atoms with van der Waals surface area (Å²) in [5, 5.41) is 20.2. The number of carboxylic acid groups (broad SMARTS) is 1. The fraction of sp³-hybridized carbons (Fsp3) is 0.333. The van der Waals surface area contributed by atoms with Gasteiger partial charge >= 0.3 is 5.97 Å². The Bertz CT molecular complexity index is 448. The quantitative estimate of drug-likeness (QED) is 0.715. The van der Waals surface area contributed by atoms with Gasteiger partial charge in [-0.25, -0.2) is 4.79 Å². The van der Waals surface area contributed by atoms with Gasteiger partial charge in [0, 0.05) is 5.02 Å². The van der Waals surface area contributed by atoms with Gasteiger partial charge < -0.3 is 20.3 Å². The second-order valence-corrected chi connectivity index (χ2v) is 4.23. The number of hydrogen-bond donors (Lipinski definition) is 3. The Balaban J connectivity index is 2.57. The molecule has 0 aliphatic rings. The van der Waals surface area contributed by atoms with E-state index in [4.69, 9.17) is 26.6 Å². The molecule has 1 unspecified atom stereocenters. The van der Waals surface area contributed by atoms with Crippen molar-refractivity contribution in [1.29, 1.82) is 0 Å². The molecule has 104 valence electrons. The molecule has 1 aromatic carbocycles. The summed E-state index contributed by atoms with van der Waals surface area (Å²) >= 11 is 5.71. The van der Waals surface area contributed by atoms with Crippen molar-refractivity contribution >= 4 is 23.5 Å². The molecule has 7 heteroatoms. The number of carbonyl (C=O) groups is 2. The molecule has 0 heterocycles. The molecule has 19 heavy (non-hydrogen) atoms. The van der Waals surface area contributed by atoms with E-state index in [1.807, 2.05) is 0 Å². The lowest BCUT2D eigenvalue weighted by molar-refractivity contribution is -0.144. The fourth-order valence-electron chi connectivity index (χ4n) is 1.25. The van der Waals surface area contributed by atoms with Crippen LogP contribution >= 0.6 is 11.6 Å². The van der Waals surface area contributed by atoms with Crippen LogP contribution < -0.4 is 10.1 Å². The van der Waals surface area contributed by atoms with E-state index in [2.05, 4.69) is 5.32 Å². The van der Waals surface area contributed by atoms with Crippen LogP contribution in [0.1, 0.15) is 6.92 Å². The predicted octanol–water partition coefficient (Wildman–Crippen LogP) is 0.669.